The van der Waals surface area contributed by atoms with Gasteiger partial charge in [0.1, 0.15) is 11.3 Å². The maximum Gasteiger partial charge on any atom is 0.419 e. The number of nitrogens with zero attached hydrogens (tertiary/aromatic N) is 2. The fraction of sp³-hybridized carbons (Fsp3) is 0.364. The molecule has 0 saturated carbocycles. The van der Waals surface area contributed by atoms with Gasteiger partial charge in [-0.2, -0.15) is 13.2 Å². The van der Waals surface area contributed by atoms with Crippen molar-refractivity contribution in [2.45, 2.75) is 44.5 Å². The van der Waals surface area contributed by atoms with Gasteiger partial charge in [-0.3, -0.25) is 0 Å². The lowest BCUT2D eigenvalue weighted by molar-refractivity contribution is -0.289. The van der Waals surface area contributed by atoms with Crippen LogP contribution in [-0.2, 0) is 0 Å². The topological polar surface area (TPSA) is 78.3 Å². The van der Waals surface area contributed by atoms with Gasteiger partial charge in [0.2, 0.25) is 0 Å². The zero-order chi connectivity index (χ0) is 24.5. The Morgan fingerprint density at radius 1 is 1.09 bits per heavy atom. The van der Waals surface area contributed by atoms with E-state index in [1.165, 1.54) is 13.8 Å². The highest BCUT2D eigenvalue weighted by molar-refractivity contribution is 5.91. The van der Waals surface area contributed by atoms with Crippen molar-refractivity contribution in [2.75, 3.05) is 5.32 Å². The number of aromatic hydroxyl groups is 1. The lowest BCUT2D eigenvalue weighted by atomic mass is 9.64. The smallest absolute Gasteiger partial charge is 0.419 e. The highest BCUT2D eigenvalue weighted by Gasteiger charge is 2.66. The Labute approximate surface area is 184 Å². The standard InChI is InChI=1S/C22H19F6N3O2/c1-8-9(2)21(33,22(26,27)28)20(11-4-5-13(23)19(32)16(8)11)31-15-6-14(24)17(25)18-12(15)7-29-10(3)30-18/h4-9,20,31-33H,1-3H3. The van der Waals surface area contributed by atoms with Gasteiger partial charge in [0.15, 0.2) is 28.8 Å². The van der Waals surface area contributed by atoms with Crippen molar-refractivity contribution in [3.05, 3.63) is 58.8 Å². The van der Waals surface area contributed by atoms with Gasteiger partial charge in [-0.15, -0.1) is 0 Å². The molecule has 1 aliphatic rings. The van der Waals surface area contributed by atoms with Crippen molar-refractivity contribution in [1.29, 1.82) is 0 Å². The molecule has 4 atom stereocenters. The zero-order valence-electron chi connectivity index (χ0n) is 17.6. The molecule has 0 amide bonds. The van der Waals surface area contributed by atoms with Crippen molar-refractivity contribution < 1.29 is 36.6 Å². The number of halogens is 6. The average Bonchev–Trinajstić information content (AvgIpc) is 2.74. The van der Waals surface area contributed by atoms with E-state index in [0.29, 0.717) is 6.07 Å². The molecule has 0 saturated heterocycles. The molecule has 0 aliphatic heterocycles. The summed E-state index contributed by atoms with van der Waals surface area (Å²) in [5, 5.41) is 23.7. The largest absolute Gasteiger partial charge is 0.505 e. The van der Waals surface area contributed by atoms with E-state index in [1.54, 1.807) is 0 Å². The molecule has 11 heteroatoms. The van der Waals surface area contributed by atoms with Gasteiger partial charge in [0, 0.05) is 34.8 Å². The van der Waals surface area contributed by atoms with Crippen LogP contribution in [0.15, 0.2) is 24.4 Å². The van der Waals surface area contributed by atoms with Gasteiger partial charge in [-0.1, -0.05) is 19.9 Å². The molecule has 4 rings (SSSR count). The minimum absolute atomic E-state index is 0.107. The highest BCUT2D eigenvalue weighted by atomic mass is 19.4. The van der Waals surface area contributed by atoms with E-state index in [2.05, 4.69) is 15.3 Å². The summed E-state index contributed by atoms with van der Waals surface area (Å²) < 4.78 is 85.6. The maximum atomic E-state index is 14.3. The summed E-state index contributed by atoms with van der Waals surface area (Å²) in [6.07, 6.45) is -4.06. The highest BCUT2D eigenvalue weighted by Crippen LogP contribution is 2.57. The first-order valence-corrected chi connectivity index (χ1v) is 9.97. The predicted octanol–water partition coefficient (Wildman–Crippen LogP) is 5.26. The third kappa shape index (κ3) is 3.28. The molecule has 4 unspecified atom stereocenters. The Kier molecular flexibility index (Phi) is 5.23. The zero-order valence-corrected chi connectivity index (χ0v) is 17.6. The summed E-state index contributed by atoms with van der Waals surface area (Å²) in [4.78, 5) is 7.73. The van der Waals surface area contributed by atoms with E-state index < -0.39 is 58.4 Å². The monoisotopic (exact) mass is 471 g/mol. The molecule has 5 nitrogen and oxygen atoms in total. The molecule has 0 fully saturated rings. The average molecular weight is 471 g/mol. The number of hydrogen-bond donors (Lipinski definition) is 3. The van der Waals surface area contributed by atoms with Crippen LogP contribution in [0.5, 0.6) is 5.75 Å². The summed E-state index contributed by atoms with van der Waals surface area (Å²) in [5.74, 6) is -7.09. The minimum Gasteiger partial charge on any atom is -0.505 e. The number of phenolic OH excluding ortho intramolecular Hbond substituents is 1. The van der Waals surface area contributed by atoms with E-state index in [-0.39, 0.29) is 28.0 Å². The fourth-order valence-corrected chi connectivity index (χ4v) is 4.56. The van der Waals surface area contributed by atoms with Crippen molar-refractivity contribution in [2.24, 2.45) is 5.92 Å². The second kappa shape index (κ2) is 7.47. The molecule has 3 N–H and O–H groups in total. The van der Waals surface area contributed by atoms with Gasteiger partial charge in [-0.25, -0.2) is 23.1 Å². The number of aromatic nitrogens is 2. The number of alkyl halides is 3. The van der Waals surface area contributed by atoms with Gasteiger partial charge in [0.05, 0.1) is 6.04 Å². The van der Waals surface area contributed by atoms with Crippen LogP contribution in [0.1, 0.15) is 42.8 Å². The molecule has 33 heavy (non-hydrogen) atoms. The third-order valence-electron chi connectivity index (χ3n) is 6.49. The second-order valence-electron chi connectivity index (χ2n) is 8.28. The van der Waals surface area contributed by atoms with Crippen LogP contribution >= 0.6 is 0 Å². The van der Waals surface area contributed by atoms with E-state index in [1.807, 2.05) is 0 Å². The summed E-state index contributed by atoms with van der Waals surface area (Å²) in [6, 6.07) is 0.431. The van der Waals surface area contributed by atoms with Crippen LogP contribution in [0.3, 0.4) is 0 Å². The molecule has 0 spiro atoms. The minimum atomic E-state index is -5.18. The van der Waals surface area contributed by atoms with Crippen molar-refractivity contribution >= 4 is 16.6 Å². The van der Waals surface area contributed by atoms with Crippen LogP contribution < -0.4 is 5.32 Å². The number of nitrogens with one attached hydrogen (secondary N) is 1. The van der Waals surface area contributed by atoms with Gasteiger partial charge in [0.25, 0.3) is 0 Å². The van der Waals surface area contributed by atoms with Gasteiger partial charge in [-0.05, 0) is 24.5 Å². The molecular formula is C22H19F6N3O2. The number of phenols is 1. The Morgan fingerprint density at radius 3 is 2.39 bits per heavy atom. The second-order valence-corrected chi connectivity index (χ2v) is 8.28. The molecular weight excluding hydrogens is 452 g/mol. The fourth-order valence-electron chi connectivity index (χ4n) is 4.56. The van der Waals surface area contributed by atoms with E-state index in [4.69, 9.17) is 0 Å². The van der Waals surface area contributed by atoms with Crippen LogP contribution in [-0.4, -0.2) is 32.0 Å². The van der Waals surface area contributed by atoms with Crippen molar-refractivity contribution in [1.82, 2.24) is 9.97 Å². The Bertz CT molecular complexity index is 1270. The molecule has 1 aromatic heterocycles. The van der Waals surface area contributed by atoms with Gasteiger partial charge < -0.3 is 15.5 Å². The summed E-state index contributed by atoms with van der Waals surface area (Å²) in [7, 11) is 0. The van der Waals surface area contributed by atoms with Crippen molar-refractivity contribution in [3.63, 3.8) is 0 Å². The number of rotatable bonds is 2. The number of anilines is 1. The predicted molar refractivity (Wildman–Crippen MR) is 107 cm³/mol. The quantitative estimate of drug-likeness (QED) is 0.445. The lowest BCUT2D eigenvalue weighted by Crippen LogP contribution is -2.60. The first kappa shape index (κ1) is 23.1. The van der Waals surface area contributed by atoms with E-state index in [9.17, 15) is 36.6 Å². The molecule has 0 bridgehead atoms. The Balaban J connectivity index is 2.00. The molecule has 1 aliphatic carbocycles. The van der Waals surface area contributed by atoms with E-state index >= 15 is 0 Å². The van der Waals surface area contributed by atoms with Crippen LogP contribution in [0.25, 0.3) is 10.9 Å². The summed E-state index contributed by atoms with van der Waals surface area (Å²) >= 11 is 0. The first-order valence-electron chi connectivity index (χ1n) is 9.97. The van der Waals surface area contributed by atoms with Crippen LogP contribution in [0.2, 0.25) is 0 Å². The number of benzene rings is 2. The Hall–Kier alpha value is -3.08. The van der Waals surface area contributed by atoms with E-state index in [0.717, 1.165) is 25.3 Å². The molecule has 3 aromatic rings. The number of fused-ring (bicyclic) bond motifs is 2. The molecule has 176 valence electrons. The number of hydrogen-bond acceptors (Lipinski definition) is 5. The lowest BCUT2D eigenvalue weighted by Gasteiger charge is -2.49. The van der Waals surface area contributed by atoms with Crippen molar-refractivity contribution in [3.8, 4) is 5.75 Å². The third-order valence-corrected chi connectivity index (χ3v) is 6.49. The maximum absolute atomic E-state index is 14.3. The van der Waals surface area contributed by atoms with Gasteiger partial charge >= 0.3 is 6.18 Å². The SMILES string of the molecule is Cc1ncc2c(NC3c4ccc(F)c(O)c4C(C)C(C)C3(O)C(F)(F)F)cc(F)c(F)c2n1. The van der Waals surface area contributed by atoms with Crippen LogP contribution in [0, 0.1) is 30.3 Å². The summed E-state index contributed by atoms with van der Waals surface area (Å²) in [6.45, 7) is 3.88. The summed E-state index contributed by atoms with van der Waals surface area (Å²) in [5.41, 5.74) is -4.53. The number of aliphatic hydroxyl groups is 1. The van der Waals surface area contributed by atoms with Crippen LogP contribution in [0.4, 0.5) is 32.0 Å². The Morgan fingerprint density at radius 2 is 1.76 bits per heavy atom. The molecule has 1 heterocycles. The molecule has 0 radical (unpaired) electrons. The number of aryl methyl sites for hydroxylation is 1. The first-order chi connectivity index (χ1) is 15.3. The molecule has 2 aromatic carbocycles. The normalized spacial score (nSPS) is 25.2.